The van der Waals surface area contributed by atoms with Crippen molar-refractivity contribution in [1.29, 1.82) is 0 Å². The third-order valence-corrected chi connectivity index (χ3v) is 2.88. The molecule has 0 radical (unpaired) electrons. The predicted molar refractivity (Wildman–Crippen MR) is 58.4 cm³/mol. The Kier molecular flexibility index (Phi) is 2.74. The molecule has 0 fully saturated rings. The van der Waals surface area contributed by atoms with Crippen LogP contribution in [0.1, 0.15) is 17.8 Å². The van der Waals surface area contributed by atoms with Crippen molar-refractivity contribution in [1.82, 2.24) is 9.97 Å². The van der Waals surface area contributed by atoms with E-state index in [1.54, 1.807) is 17.5 Å². The summed E-state index contributed by atoms with van der Waals surface area (Å²) in [5, 5.41) is 3.35. The molecule has 1 atom stereocenters. The number of anilines is 1. The Morgan fingerprint density at radius 1 is 1.36 bits per heavy atom. The fourth-order valence-electron chi connectivity index (χ4n) is 1.21. The van der Waals surface area contributed by atoms with Crippen molar-refractivity contribution in [3.8, 4) is 0 Å². The predicted octanol–water partition coefficient (Wildman–Crippen LogP) is 2.71. The Bertz CT molecular complexity index is 372. The van der Waals surface area contributed by atoms with Gasteiger partial charge in [-0.2, -0.15) is 0 Å². The third kappa shape index (κ3) is 2.09. The van der Waals surface area contributed by atoms with Gasteiger partial charge in [0, 0.05) is 23.5 Å². The van der Waals surface area contributed by atoms with Gasteiger partial charge in [0.25, 0.3) is 0 Å². The fraction of sp³-hybridized carbons (Fsp3) is 0.200. The average Bonchev–Trinajstić information content (AvgIpc) is 2.72. The highest BCUT2D eigenvalue weighted by molar-refractivity contribution is 7.09. The van der Waals surface area contributed by atoms with Crippen molar-refractivity contribution in [3.63, 3.8) is 0 Å². The molecule has 0 aliphatic heterocycles. The summed E-state index contributed by atoms with van der Waals surface area (Å²) in [6.07, 6.45) is 5.47. The number of thiazole rings is 1. The number of hydrogen-bond acceptors (Lipinski definition) is 4. The lowest BCUT2D eigenvalue weighted by atomic mass is 10.3. The van der Waals surface area contributed by atoms with Crippen LogP contribution in [0.25, 0.3) is 0 Å². The van der Waals surface area contributed by atoms with Crippen LogP contribution in [0.5, 0.6) is 0 Å². The normalized spacial score (nSPS) is 12.4. The molecule has 2 aromatic rings. The van der Waals surface area contributed by atoms with Gasteiger partial charge in [0.2, 0.25) is 0 Å². The quantitative estimate of drug-likeness (QED) is 0.837. The van der Waals surface area contributed by atoms with Crippen molar-refractivity contribution in [2.24, 2.45) is 0 Å². The number of rotatable bonds is 3. The van der Waals surface area contributed by atoms with Crippen LogP contribution in [0.3, 0.4) is 0 Å². The molecule has 1 N–H and O–H groups in total. The summed E-state index contributed by atoms with van der Waals surface area (Å²) in [6.45, 7) is 2.11. The van der Waals surface area contributed by atoms with Gasteiger partial charge in [0.15, 0.2) is 0 Å². The highest BCUT2D eigenvalue weighted by Crippen LogP contribution is 2.20. The number of nitrogens with zero attached hydrogens (tertiary/aromatic N) is 2. The highest BCUT2D eigenvalue weighted by atomic mass is 32.1. The molecule has 4 heteroatoms. The van der Waals surface area contributed by atoms with E-state index in [-0.39, 0.29) is 6.04 Å². The van der Waals surface area contributed by atoms with Gasteiger partial charge in [-0.1, -0.05) is 0 Å². The Morgan fingerprint density at radius 3 is 2.93 bits per heavy atom. The largest absolute Gasteiger partial charge is 0.376 e. The molecule has 0 bridgehead atoms. The van der Waals surface area contributed by atoms with Gasteiger partial charge in [-0.05, 0) is 19.1 Å². The summed E-state index contributed by atoms with van der Waals surface area (Å²) in [7, 11) is 0. The van der Waals surface area contributed by atoms with E-state index in [1.165, 1.54) is 4.88 Å². The maximum atomic E-state index is 4.05. The summed E-state index contributed by atoms with van der Waals surface area (Å²) in [5.74, 6) is 0. The van der Waals surface area contributed by atoms with Crippen LogP contribution in [0, 0.1) is 0 Å². The van der Waals surface area contributed by atoms with Crippen LogP contribution < -0.4 is 5.32 Å². The van der Waals surface area contributed by atoms with E-state index in [9.17, 15) is 0 Å². The molecule has 14 heavy (non-hydrogen) atoms. The number of hydrogen-bond donors (Lipinski definition) is 1. The van der Waals surface area contributed by atoms with Gasteiger partial charge < -0.3 is 5.32 Å². The lowest BCUT2D eigenvalue weighted by molar-refractivity contribution is 0.901. The lowest BCUT2D eigenvalue weighted by Crippen LogP contribution is -2.04. The molecule has 0 aliphatic rings. The monoisotopic (exact) mass is 205 g/mol. The van der Waals surface area contributed by atoms with Crippen molar-refractivity contribution >= 4 is 17.0 Å². The zero-order chi connectivity index (χ0) is 9.80. The molecular formula is C10H11N3S. The minimum absolute atomic E-state index is 0.284. The van der Waals surface area contributed by atoms with E-state index in [2.05, 4.69) is 22.2 Å². The molecule has 2 aromatic heterocycles. The topological polar surface area (TPSA) is 37.8 Å². The second-order valence-electron chi connectivity index (χ2n) is 3.01. The van der Waals surface area contributed by atoms with E-state index in [0.29, 0.717) is 0 Å². The van der Waals surface area contributed by atoms with E-state index < -0.39 is 0 Å². The van der Waals surface area contributed by atoms with Crippen LogP contribution >= 0.6 is 11.3 Å². The fourth-order valence-corrected chi connectivity index (χ4v) is 1.84. The van der Waals surface area contributed by atoms with Crippen molar-refractivity contribution in [2.45, 2.75) is 13.0 Å². The Morgan fingerprint density at radius 2 is 2.29 bits per heavy atom. The standard InChI is InChI=1S/C10H11N3S/c1-8(10-6-12-7-14-10)13-9-3-2-4-11-5-9/h2-8,13H,1H3. The van der Waals surface area contributed by atoms with E-state index in [0.717, 1.165) is 5.69 Å². The maximum absolute atomic E-state index is 4.05. The maximum Gasteiger partial charge on any atom is 0.0795 e. The summed E-state index contributed by atoms with van der Waals surface area (Å²) >= 11 is 1.66. The van der Waals surface area contributed by atoms with Gasteiger partial charge in [0.05, 0.1) is 17.2 Å². The minimum Gasteiger partial charge on any atom is -0.376 e. The third-order valence-electron chi connectivity index (χ3n) is 1.92. The Hall–Kier alpha value is -1.42. The van der Waals surface area contributed by atoms with Gasteiger partial charge in [0.1, 0.15) is 0 Å². The molecule has 0 amide bonds. The van der Waals surface area contributed by atoms with Crippen LogP contribution in [-0.2, 0) is 0 Å². The summed E-state index contributed by atoms with van der Waals surface area (Å²) in [5.41, 5.74) is 2.88. The number of pyridine rings is 1. The summed E-state index contributed by atoms with van der Waals surface area (Å²) in [6, 6.07) is 4.21. The molecule has 2 rings (SSSR count). The lowest BCUT2D eigenvalue weighted by Gasteiger charge is -2.12. The van der Waals surface area contributed by atoms with Gasteiger partial charge >= 0.3 is 0 Å². The zero-order valence-corrected chi connectivity index (χ0v) is 8.66. The molecule has 2 heterocycles. The second-order valence-corrected chi connectivity index (χ2v) is 3.93. The first-order valence-corrected chi connectivity index (χ1v) is 5.29. The van der Waals surface area contributed by atoms with E-state index in [4.69, 9.17) is 0 Å². The summed E-state index contributed by atoms with van der Waals surface area (Å²) in [4.78, 5) is 9.32. The van der Waals surface area contributed by atoms with Crippen molar-refractivity contribution in [2.75, 3.05) is 5.32 Å². The molecule has 0 saturated heterocycles. The number of nitrogens with one attached hydrogen (secondary N) is 1. The smallest absolute Gasteiger partial charge is 0.0795 e. The second kappa shape index (κ2) is 4.19. The molecule has 3 nitrogen and oxygen atoms in total. The van der Waals surface area contributed by atoms with E-state index >= 15 is 0 Å². The van der Waals surface area contributed by atoms with Crippen LogP contribution in [0.15, 0.2) is 36.2 Å². The minimum atomic E-state index is 0.284. The summed E-state index contributed by atoms with van der Waals surface area (Å²) < 4.78 is 0. The molecule has 1 unspecified atom stereocenters. The molecule has 0 saturated carbocycles. The average molecular weight is 205 g/mol. The van der Waals surface area contributed by atoms with Crippen LogP contribution in [0.2, 0.25) is 0 Å². The van der Waals surface area contributed by atoms with Crippen molar-refractivity contribution in [3.05, 3.63) is 41.1 Å². The number of aromatic nitrogens is 2. The van der Waals surface area contributed by atoms with E-state index in [1.807, 2.05) is 30.0 Å². The van der Waals surface area contributed by atoms with Crippen LogP contribution in [0.4, 0.5) is 5.69 Å². The zero-order valence-electron chi connectivity index (χ0n) is 7.84. The Labute approximate surface area is 86.8 Å². The highest BCUT2D eigenvalue weighted by Gasteiger charge is 2.05. The molecule has 0 spiro atoms. The first-order chi connectivity index (χ1) is 6.86. The van der Waals surface area contributed by atoms with Crippen molar-refractivity contribution < 1.29 is 0 Å². The first kappa shape index (κ1) is 9.15. The van der Waals surface area contributed by atoms with Crippen LogP contribution in [-0.4, -0.2) is 9.97 Å². The van der Waals surface area contributed by atoms with Gasteiger partial charge in [-0.3, -0.25) is 9.97 Å². The van der Waals surface area contributed by atoms with Gasteiger partial charge in [-0.25, -0.2) is 0 Å². The first-order valence-electron chi connectivity index (χ1n) is 4.41. The Balaban J connectivity index is 2.06. The molecular weight excluding hydrogens is 194 g/mol. The molecule has 72 valence electrons. The molecule has 0 aliphatic carbocycles. The SMILES string of the molecule is CC(Nc1cccnc1)c1cncs1. The molecule has 0 aromatic carbocycles. The van der Waals surface area contributed by atoms with Gasteiger partial charge in [-0.15, -0.1) is 11.3 Å².